The Morgan fingerprint density at radius 3 is 1.60 bits per heavy atom. The fourth-order valence-corrected chi connectivity index (χ4v) is 7.35. The van der Waals surface area contributed by atoms with Gasteiger partial charge in [-0.1, -0.05) is 152 Å². The van der Waals surface area contributed by atoms with Crippen LogP contribution < -0.4 is 4.90 Å². The summed E-state index contributed by atoms with van der Waals surface area (Å²) in [4.78, 5) is 7.39. The topological polar surface area (TPSA) is 42.4 Å². The number of para-hydroxylation sites is 2. The van der Waals surface area contributed by atoms with Crippen LogP contribution in [0.4, 0.5) is 17.1 Å². The lowest BCUT2D eigenvalue weighted by Gasteiger charge is -2.28. The quantitative estimate of drug-likeness (QED) is 0.168. The Hall–Kier alpha value is -7.17. The summed E-state index contributed by atoms with van der Waals surface area (Å²) in [6.45, 7) is 0. The van der Waals surface area contributed by atoms with Gasteiger partial charge in [-0.05, 0) is 70.3 Å². The molecule has 0 saturated heterocycles. The van der Waals surface area contributed by atoms with Crippen LogP contribution in [0.1, 0.15) is 0 Å². The summed E-state index contributed by atoms with van der Waals surface area (Å²) in [7, 11) is 0. The number of nitrogens with zero attached hydrogens (tertiary/aromatic N) is 2. The molecule has 0 atom stereocenters. The fourth-order valence-electron chi connectivity index (χ4n) is 7.35. The summed E-state index contributed by atoms with van der Waals surface area (Å²) in [5.41, 5.74) is 13.7. The highest BCUT2D eigenvalue weighted by atomic mass is 16.4. The highest BCUT2D eigenvalue weighted by Crippen LogP contribution is 2.48. The van der Waals surface area contributed by atoms with Crippen molar-refractivity contribution >= 4 is 50.1 Å². The number of anilines is 3. The zero-order valence-electron chi connectivity index (χ0n) is 28.7. The van der Waals surface area contributed by atoms with Crippen LogP contribution in [0, 0.1) is 0 Å². The first kappa shape index (κ1) is 30.6. The van der Waals surface area contributed by atoms with E-state index in [0.717, 1.165) is 66.8 Å². The highest BCUT2D eigenvalue weighted by Gasteiger charge is 2.26. The van der Waals surface area contributed by atoms with E-state index in [9.17, 15) is 0 Å². The summed E-state index contributed by atoms with van der Waals surface area (Å²) < 4.78 is 13.4. The van der Waals surface area contributed by atoms with Crippen LogP contribution in [0.5, 0.6) is 0 Å². The van der Waals surface area contributed by atoms with Gasteiger partial charge in [-0.25, -0.2) is 4.98 Å². The second-order valence-corrected chi connectivity index (χ2v) is 13.1. The lowest BCUT2D eigenvalue weighted by molar-refractivity contribution is 0.622. The molecule has 0 radical (unpaired) electrons. The smallest absolute Gasteiger partial charge is 0.227 e. The van der Waals surface area contributed by atoms with Crippen molar-refractivity contribution < 1.29 is 8.83 Å². The van der Waals surface area contributed by atoms with E-state index in [4.69, 9.17) is 13.8 Å². The molecule has 0 N–H and O–H groups in total. The van der Waals surface area contributed by atoms with Crippen LogP contribution in [0.25, 0.3) is 77.9 Å². The van der Waals surface area contributed by atoms with E-state index in [2.05, 4.69) is 138 Å². The number of hydrogen-bond acceptors (Lipinski definition) is 4. The van der Waals surface area contributed by atoms with Gasteiger partial charge in [0, 0.05) is 22.2 Å². The number of benzene rings is 8. The first-order valence-electron chi connectivity index (χ1n) is 17.8. The highest BCUT2D eigenvalue weighted by molar-refractivity contribution is 6.21. The molecule has 0 bridgehead atoms. The second-order valence-electron chi connectivity index (χ2n) is 13.1. The normalized spacial score (nSPS) is 11.4. The molecule has 10 rings (SSSR count). The molecule has 10 aromatic rings. The molecule has 0 spiro atoms. The van der Waals surface area contributed by atoms with Gasteiger partial charge in [0.15, 0.2) is 11.2 Å². The molecule has 4 nitrogen and oxygen atoms in total. The standard InChI is InChI=1S/C49H32N2O2/c1-4-14-33(15-5-1)35-24-26-37(27-25-35)40-20-10-12-22-43(40)51(39-30-28-36(29-31-39)34-16-6-2-7-17-34)44-32-42-47(53-49(50-42)38-18-8-3-9-19-38)46-41-21-11-13-23-45(41)52-48(44)46/h1-32H. The zero-order chi connectivity index (χ0) is 35.1. The van der Waals surface area contributed by atoms with Crippen LogP contribution in [-0.2, 0) is 0 Å². The molecule has 2 heterocycles. The molecule has 2 aromatic heterocycles. The van der Waals surface area contributed by atoms with Crippen LogP contribution in [0.2, 0.25) is 0 Å². The van der Waals surface area contributed by atoms with Gasteiger partial charge < -0.3 is 13.7 Å². The van der Waals surface area contributed by atoms with E-state index in [1.165, 1.54) is 16.7 Å². The average Bonchev–Trinajstić information content (AvgIpc) is 3.85. The van der Waals surface area contributed by atoms with Gasteiger partial charge >= 0.3 is 0 Å². The number of furan rings is 1. The van der Waals surface area contributed by atoms with Gasteiger partial charge in [-0.3, -0.25) is 0 Å². The van der Waals surface area contributed by atoms with Crippen LogP contribution in [0.15, 0.2) is 203 Å². The van der Waals surface area contributed by atoms with Gasteiger partial charge in [0.1, 0.15) is 11.1 Å². The van der Waals surface area contributed by atoms with Crippen LogP contribution in [-0.4, -0.2) is 4.98 Å². The number of fused-ring (bicyclic) bond motifs is 5. The molecule has 0 amide bonds. The second kappa shape index (κ2) is 12.9. The summed E-state index contributed by atoms with van der Waals surface area (Å²) in [5, 5.41) is 1.88. The Morgan fingerprint density at radius 1 is 0.396 bits per heavy atom. The van der Waals surface area contributed by atoms with E-state index in [1.54, 1.807) is 0 Å². The third-order valence-electron chi connectivity index (χ3n) is 9.92. The van der Waals surface area contributed by atoms with Gasteiger partial charge in [0.05, 0.1) is 16.8 Å². The Kier molecular flexibility index (Phi) is 7.43. The SMILES string of the molecule is c1ccc(-c2ccc(-c3ccccc3N(c3ccc(-c4ccccc4)cc3)c3cc4nc(-c5ccccc5)oc4c4c3oc3ccccc34)cc2)cc1. The molecule has 0 saturated carbocycles. The Morgan fingerprint density at radius 2 is 0.925 bits per heavy atom. The van der Waals surface area contributed by atoms with Crippen molar-refractivity contribution in [3.05, 3.63) is 194 Å². The summed E-state index contributed by atoms with van der Waals surface area (Å²) in [5.74, 6) is 0.571. The van der Waals surface area contributed by atoms with Crippen molar-refractivity contribution in [1.29, 1.82) is 0 Å². The number of hydrogen-bond donors (Lipinski definition) is 0. The van der Waals surface area contributed by atoms with Gasteiger partial charge in [-0.15, -0.1) is 0 Å². The van der Waals surface area contributed by atoms with Crippen LogP contribution >= 0.6 is 0 Å². The maximum absolute atomic E-state index is 6.80. The molecule has 0 fully saturated rings. The molecule has 0 aliphatic heterocycles. The third kappa shape index (κ3) is 5.45. The Labute approximate surface area is 306 Å². The monoisotopic (exact) mass is 680 g/mol. The van der Waals surface area contributed by atoms with E-state index < -0.39 is 0 Å². The minimum absolute atomic E-state index is 0.571. The maximum Gasteiger partial charge on any atom is 0.227 e. The van der Waals surface area contributed by atoms with Crippen molar-refractivity contribution in [3.63, 3.8) is 0 Å². The Bertz CT molecular complexity index is 2860. The molecule has 53 heavy (non-hydrogen) atoms. The summed E-state index contributed by atoms with van der Waals surface area (Å²) in [6, 6.07) is 67.4. The third-order valence-corrected chi connectivity index (χ3v) is 9.92. The van der Waals surface area contributed by atoms with E-state index >= 15 is 0 Å². The summed E-state index contributed by atoms with van der Waals surface area (Å²) in [6.07, 6.45) is 0. The van der Waals surface area contributed by atoms with Gasteiger partial charge in [0.25, 0.3) is 0 Å². The van der Waals surface area contributed by atoms with E-state index in [1.807, 2.05) is 60.7 Å². The van der Waals surface area contributed by atoms with Crippen molar-refractivity contribution in [2.45, 2.75) is 0 Å². The first-order chi connectivity index (χ1) is 26.3. The molecule has 0 aliphatic carbocycles. The predicted octanol–water partition coefficient (Wildman–Crippen LogP) is 13.9. The number of oxazole rings is 1. The number of aromatic nitrogens is 1. The Balaban J connectivity index is 1.22. The summed E-state index contributed by atoms with van der Waals surface area (Å²) >= 11 is 0. The lowest BCUT2D eigenvalue weighted by Crippen LogP contribution is -2.11. The van der Waals surface area contributed by atoms with Gasteiger partial charge in [-0.2, -0.15) is 0 Å². The molecule has 0 aliphatic rings. The zero-order valence-corrected chi connectivity index (χ0v) is 28.7. The lowest BCUT2D eigenvalue weighted by atomic mass is 9.98. The molecule has 8 aromatic carbocycles. The first-order valence-corrected chi connectivity index (χ1v) is 17.8. The molecule has 250 valence electrons. The maximum atomic E-state index is 6.80. The van der Waals surface area contributed by atoms with E-state index in [0.29, 0.717) is 11.5 Å². The largest absolute Gasteiger partial charge is 0.454 e. The molecule has 0 unspecified atom stereocenters. The molecule has 4 heteroatoms. The molecular weight excluding hydrogens is 649 g/mol. The fraction of sp³-hybridized carbons (Fsp3) is 0. The van der Waals surface area contributed by atoms with Crippen molar-refractivity contribution in [2.75, 3.05) is 4.90 Å². The predicted molar refractivity (Wildman–Crippen MR) is 218 cm³/mol. The van der Waals surface area contributed by atoms with E-state index in [-0.39, 0.29) is 0 Å². The number of rotatable bonds is 7. The minimum Gasteiger partial charge on any atom is -0.454 e. The minimum atomic E-state index is 0.571. The van der Waals surface area contributed by atoms with Crippen molar-refractivity contribution in [2.24, 2.45) is 0 Å². The average molecular weight is 681 g/mol. The van der Waals surface area contributed by atoms with Crippen molar-refractivity contribution in [3.8, 4) is 44.8 Å². The van der Waals surface area contributed by atoms with Crippen LogP contribution in [0.3, 0.4) is 0 Å². The van der Waals surface area contributed by atoms with Crippen molar-refractivity contribution in [1.82, 2.24) is 4.98 Å². The molecular formula is C49H32N2O2. The van der Waals surface area contributed by atoms with Gasteiger partial charge in [0.2, 0.25) is 5.89 Å².